The van der Waals surface area contributed by atoms with Crippen LogP contribution in [0.5, 0.6) is 11.5 Å². The molecule has 1 rings (SSSR count). The molecule has 1 aromatic rings. The van der Waals surface area contributed by atoms with Crippen LogP contribution in [0.2, 0.25) is 5.02 Å². The van der Waals surface area contributed by atoms with Crippen molar-refractivity contribution in [2.24, 2.45) is 0 Å². The van der Waals surface area contributed by atoms with Crippen molar-refractivity contribution in [1.29, 1.82) is 0 Å². The van der Waals surface area contributed by atoms with Crippen molar-refractivity contribution in [3.8, 4) is 11.5 Å². The number of benzene rings is 1. The van der Waals surface area contributed by atoms with Crippen LogP contribution in [0.3, 0.4) is 0 Å². The predicted octanol–water partition coefficient (Wildman–Crippen LogP) is 2.80. The molecule has 0 fully saturated rings. The number of rotatable bonds is 6. The molecule has 17 heavy (non-hydrogen) atoms. The van der Waals surface area contributed by atoms with Gasteiger partial charge in [-0.1, -0.05) is 11.6 Å². The van der Waals surface area contributed by atoms with E-state index in [0.29, 0.717) is 23.1 Å². The number of nitrogens with one attached hydrogen (secondary N) is 1. The molecule has 0 aliphatic carbocycles. The van der Waals surface area contributed by atoms with Crippen molar-refractivity contribution >= 4 is 17.3 Å². The summed E-state index contributed by atoms with van der Waals surface area (Å²) in [4.78, 5) is 0. The first kappa shape index (κ1) is 13.9. The first-order chi connectivity index (χ1) is 8.12. The molecule has 0 aliphatic heterocycles. The van der Waals surface area contributed by atoms with Gasteiger partial charge >= 0.3 is 0 Å². The first-order valence-corrected chi connectivity index (χ1v) is 5.67. The lowest BCUT2D eigenvalue weighted by atomic mass is 10.2. The summed E-state index contributed by atoms with van der Waals surface area (Å²) in [6, 6.07) is 3.70. The van der Waals surface area contributed by atoms with Crippen LogP contribution < -0.4 is 14.8 Å². The molecule has 5 heteroatoms. The van der Waals surface area contributed by atoms with Crippen molar-refractivity contribution in [2.45, 2.75) is 13.0 Å². The van der Waals surface area contributed by atoms with E-state index >= 15 is 0 Å². The summed E-state index contributed by atoms with van der Waals surface area (Å²) in [7, 11) is 4.85. The van der Waals surface area contributed by atoms with E-state index in [2.05, 4.69) is 5.32 Å². The fourth-order valence-electron chi connectivity index (χ4n) is 1.53. The highest BCUT2D eigenvalue weighted by Crippen LogP contribution is 2.36. The molecule has 1 atom stereocenters. The van der Waals surface area contributed by atoms with Crippen molar-refractivity contribution < 1.29 is 14.2 Å². The van der Waals surface area contributed by atoms with Crippen molar-refractivity contribution in [3.63, 3.8) is 0 Å². The maximum absolute atomic E-state index is 6.02. The molecular weight excluding hydrogens is 242 g/mol. The maximum atomic E-state index is 6.02. The Kier molecular flexibility index (Phi) is 5.38. The van der Waals surface area contributed by atoms with Gasteiger partial charge in [0.2, 0.25) is 0 Å². The second kappa shape index (κ2) is 6.57. The zero-order valence-corrected chi connectivity index (χ0v) is 11.3. The highest BCUT2D eigenvalue weighted by molar-refractivity contribution is 6.32. The molecule has 0 aliphatic rings. The van der Waals surface area contributed by atoms with Crippen LogP contribution in [0.25, 0.3) is 0 Å². The van der Waals surface area contributed by atoms with Gasteiger partial charge in [-0.3, -0.25) is 0 Å². The highest BCUT2D eigenvalue weighted by atomic mass is 35.5. The number of ether oxygens (including phenoxy) is 3. The Morgan fingerprint density at radius 3 is 2.35 bits per heavy atom. The van der Waals surface area contributed by atoms with Gasteiger partial charge in [-0.2, -0.15) is 0 Å². The molecule has 96 valence electrons. The maximum Gasteiger partial charge on any atom is 0.143 e. The minimum Gasteiger partial charge on any atom is -0.495 e. The number of hydrogen-bond acceptors (Lipinski definition) is 4. The Balaban J connectivity index is 2.95. The van der Waals surface area contributed by atoms with Gasteiger partial charge in [-0.05, 0) is 6.92 Å². The lowest BCUT2D eigenvalue weighted by Crippen LogP contribution is -2.21. The van der Waals surface area contributed by atoms with Crippen LogP contribution in [0.1, 0.15) is 6.92 Å². The molecule has 0 saturated heterocycles. The summed E-state index contributed by atoms with van der Waals surface area (Å²) in [5.41, 5.74) is 0.832. The first-order valence-electron chi connectivity index (χ1n) is 5.29. The summed E-state index contributed by atoms with van der Waals surface area (Å²) in [6.45, 7) is 2.62. The van der Waals surface area contributed by atoms with Gasteiger partial charge < -0.3 is 19.5 Å². The van der Waals surface area contributed by atoms with Crippen LogP contribution in [-0.2, 0) is 4.74 Å². The molecule has 1 unspecified atom stereocenters. The van der Waals surface area contributed by atoms with Gasteiger partial charge in [-0.15, -0.1) is 0 Å². The van der Waals surface area contributed by atoms with E-state index in [1.807, 2.05) is 13.0 Å². The Morgan fingerprint density at radius 2 is 1.82 bits per heavy atom. The van der Waals surface area contributed by atoms with Gasteiger partial charge in [-0.25, -0.2) is 0 Å². The van der Waals surface area contributed by atoms with Gasteiger partial charge in [0.1, 0.15) is 11.5 Å². The van der Waals surface area contributed by atoms with Crippen LogP contribution in [0, 0.1) is 0 Å². The molecule has 0 spiro atoms. The standard InChI is InChI=1S/C12H18ClNO3/c1-8(7-15-2)14-10-6-11(16-3)9(13)5-12(10)17-4/h5-6,8,14H,7H2,1-4H3. The second-order valence-corrected chi connectivity index (χ2v) is 4.09. The zero-order valence-electron chi connectivity index (χ0n) is 10.5. The molecule has 4 nitrogen and oxygen atoms in total. The fourth-order valence-corrected chi connectivity index (χ4v) is 1.76. The molecular formula is C12H18ClNO3. The van der Waals surface area contributed by atoms with Crippen LogP contribution in [0.15, 0.2) is 12.1 Å². The van der Waals surface area contributed by atoms with E-state index in [0.717, 1.165) is 5.69 Å². The minimum absolute atomic E-state index is 0.166. The normalized spacial score (nSPS) is 12.1. The average Bonchev–Trinajstić information content (AvgIpc) is 2.31. The smallest absolute Gasteiger partial charge is 0.143 e. The Labute approximate surface area is 107 Å². The fraction of sp³-hybridized carbons (Fsp3) is 0.500. The Morgan fingerprint density at radius 1 is 1.18 bits per heavy atom. The van der Waals surface area contributed by atoms with Crippen LogP contribution in [-0.4, -0.2) is 34.0 Å². The zero-order chi connectivity index (χ0) is 12.8. The molecule has 0 bridgehead atoms. The molecule has 0 aromatic heterocycles. The van der Waals surface area contributed by atoms with E-state index in [4.69, 9.17) is 25.8 Å². The van der Waals surface area contributed by atoms with Crippen LogP contribution in [0.4, 0.5) is 5.69 Å². The van der Waals surface area contributed by atoms with E-state index in [9.17, 15) is 0 Å². The van der Waals surface area contributed by atoms with E-state index in [1.54, 1.807) is 27.4 Å². The lowest BCUT2D eigenvalue weighted by molar-refractivity contribution is 0.190. The minimum atomic E-state index is 0.166. The summed E-state index contributed by atoms with van der Waals surface area (Å²) >= 11 is 6.02. The predicted molar refractivity (Wildman–Crippen MR) is 69.5 cm³/mol. The number of anilines is 1. The topological polar surface area (TPSA) is 39.7 Å². The Bertz CT molecular complexity index is 371. The number of hydrogen-bond donors (Lipinski definition) is 1. The van der Waals surface area contributed by atoms with Crippen LogP contribution >= 0.6 is 11.6 Å². The molecule has 0 saturated carbocycles. The summed E-state index contributed by atoms with van der Waals surface area (Å²) < 4.78 is 15.5. The van der Waals surface area contributed by atoms with Crippen molar-refractivity contribution in [2.75, 3.05) is 33.3 Å². The third-order valence-electron chi connectivity index (χ3n) is 2.29. The average molecular weight is 260 g/mol. The molecule has 1 N–H and O–H groups in total. The largest absolute Gasteiger partial charge is 0.495 e. The molecule has 1 aromatic carbocycles. The number of methoxy groups -OCH3 is 3. The lowest BCUT2D eigenvalue weighted by Gasteiger charge is -2.18. The second-order valence-electron chi connectivity index (χ2n) is 3.69. The van der Waals surface area contributed by atoms with Gasteiger partial charge in [0.05, 0.1) is 31.5 Å². The van der Waals surface area contributed by atoms with E-state index in [-0.39, 0.29) is 6.04 Å². The third kappa shape index (κ3) is 3.68. The molecule has 0 radical (unpaired) electrons. The van der Waals surface area contributed by atoms with Crippen molar-refractivity contribution in [3.05, 3.63) is 17.2 Å². The van der Waals surface area contributed by atoms with E-state index in [1.165, 1.54) is 0 Å². The highest BCUT2D eigenvalue weighted by Gasteiger charge is 2.11. The summed E-state index contributed by atoms with van der Waals surface area (Å²) in [5.74, 6) is 1.29. The quantitative estimate of drug-likeness (QED) is 0.853. The van der Waals surface area contributed by atoms with E-state index < -0.39 is 0 Å². The summed E-state index contributed by atoms with van der Waals surface area (Å²) in [6.07, 6.45) is 0. The molecule has 0 heterocycles. The summed E-state index contributed by atoms with van der Waals surface area (Å²) in [5, 5.41) is 3.80. The van der Waals surface area contributed by atoms with Gasteiger partial charge in [0.25, 0.3) is 0 Å². The SMILES string of the molecule is COCC(C)Nc1cc(OC)c(Cl)cc1OC. The Hall–Kier alpha value is -1.13. The molecule has 0 amide bonds. The third-order valence-corrected chi connectivity index (χ3v) is 2.59. The van der Waals surface area contributed by atoms with Gasteiger partial charge in [0.15, 0.2) is 0 Å². The van der Waals surface area contributed by atoms with Gasteiger partial charge in [0, 0.05) is 25.3 Å². The monoisotopic (exact) mass is 259 g/mol. The number of halogens is 1. The van der Waals surface area contributed by atoms with Crippen molar-refractivity contribution in [1.82, 2.24) is 0 Å².